The first-order valence-corrected chi connectivity index (χ1v) is 8.01. The van der Waals surface area contributed by atoms with Gasteiger partial charge in [-0.25, -0.2) is 4.68 Å². The van der Waals surface area contributed by atoms with Crippen molar-refractivity contribution in [2.45, 2.75) is 38.8 Å². The summed E-state index contributed by atoms with van der Waals surface area (Å²) in [5, 5.41) is 8.16. The zero-order chi connectivity index (χ0) is 17.3. The second-order valence-corrected chi connectivity index (χ2v) is 5.86. The Bertz CT molecular complexity index is 738. The number of carbonyl (C=O) groups is 1. The van der Waals surface area contributed by atoms with Gasteiger partial charge in [-0.3, -0.25) is 9.69 Å². The van der Waals surface area contributed by atoms with Crippen LogP contribution in [0.4, 0.5) is 0 Å². The smallest absolute Gasteiger partial charge is 0.290 e. The summed E-state index contributed by atoms with van der Waals surface area (Å²) in [6, 6.07) is -0.0276. The fraction of sp³-hybridized carbons (Fsp3) is 0.600. The molecular formula is C15H22N6O3. The molecule has 1 atom stereocenters. The van der Waals surface area contributed by atoms with Gasteiger partial charge in [0.15, 0.2) is 0 Å². The average molecular weight is 334 g/mol. The Balaban J connectivity index is 1.85. The minimum Gasteiger partial charge on any atom is -0.481 e. The summed E-state index contributed by atoms with van der Waals surface area (Å²) in [7, 11) is 3.53. The van der Waals surface area contributed by atoms with Gasteiger partial charge in [0.1, 0.15) is 0 Å². The molecule has 0 bridgehead atoms. The summed E-state index contributed by atoms with van der Waals surface area (Å²) in [6.45, 7) is 3.66. The largest absolute Gasteiger partial charge is 0.481 e. The highest BCUT2D eigenvalue weighted by Gasteiger charge is 2.33. The molecule has 1 aliphatic rings. The SMILES string of the molecule is CCc1nn(C)c(OC)c1CN1CCC[C@@H]1c1nc(C(N)=O)no1. The third kappa shape index (κ3) is 2.86. The van der Waals surface area contributed by atoms with Crippen molar-refractivity contribution in [3.05, 3.63) is 23.0 Å². The van der Waals surface area contributed by atoms with E-state index in [0.717, 1.165) is 42.9 Å². The van der Waals surface area contributed by atoms with E-state index in [4.69, 9.17) is 15.0 Å². The second-order valence-electron chi connectivity index (χ2n) is 5.86. The molecule has 3 heterocycles. The van der Waals surface area contributed by atoms with Crippen LogP contribution in [0.1, 0.15) is 53.6 Å². The van der Waals surface area contributed by atoms with Crippen molar-refractivity contribution in [2.24, 2.45) is 12.8 Å². The van der Waals surface area contributed by atoms with E-state index >= 15 is 0 Å². The fourth-order valence-electron chi connectivity index (χ4n) is 3.27. The molecule has 0 unspecified atom stereocenters. The van der Waals surface area contributed by atoms with Gasteiger partial charge < -0.3 is 15.0 Å². The standard InChI is InChI=1S/C15H22N6O3/c1-4-10-9(15(23-3)20(2)18-10)8-21-7-5-6-11(21)14-17-13(12(16)22)19-24-14/h11H,4-8H2,1-3H3,(H2,16,22)/t11-/m1/s1. The summed E-state index contributed by atoms with van der Waals surface area (Å²) in [5.74, 6) is 0.435. The van der Waals surface area contributed by atoms with Crippen molar-refractivity contribution < 1.29 is 14.1 Å². The van der Waals surface area contributed by atoms with Gasteiger partial charge >= 0.3 is 0 Å². The molecule has 3 rings (SSSR count). The topological polar surface area (TPSA) is 112 Å². The predicted molar refractivity (Wildman–Crippen MR) is 84.3 cm³/mol. The van der Waals surface area contributed by atoms with Crippen LogP contribution < -0.4 is 10.5 Å². The lowest BCUT2D eigenvalue weighted by molar-refractivity contribution is 0.0987. The molecular weight excluding hydrogens is 312 g/mol. The van der Waals surface area contributed by atoms with Crippen LogP contribution in [0.5, 0.6) is 5.88 Å². The monoisotopic (exact) mass is 334 g/mol. The number of aromatic nitrogens is 4. The van der Waals surface area contributed by atoms with E-state index < -0.39 is 5.91 Å². The van der Waals surface area contributed by atoms with E-state index in [9.17, 15) is 4.79 Å². The van der Waals surface area contributed by atoms with Gasteiger partial charge in [-0.05, 0) is 25.8 Å². The van der Waals surface area contributed by atoms with Crippen molar-refractivity contribution in [2.75, 3.05) is 13.7 Å². The van der Waals surface area contributed by atoms with Gasteiger partial charge in [-0.1, -0.05) is 12.1 Å². The molecule has 9 nitrogen and oxygen atoms in total. The van der Waals surface area contributed by atoms with E-state index in [1.165, 1.54) is 0 Å². The Morgan fingerprint density at radius 2 is 2.29 bits per heavy atom. The van der Waals surface area contributed by atoms with Gasteiger partial charge in [0.25, 0.3) is 11.7 Å². The molecule has 1 saturated heterocycles. The molecule has 2 aromatic heterocycles. The Hall–Kier alpha value is -2.42. The van der Waals surface area contributed by atoms with Crippen LogP contribution >= 0.6 is 0 Å². The normalized spacial score (nSPS) is 18.2. The summed E-state index contributed by atoms with van der Waals surface area (Å²) < 4.78 is 12.5. The third-order valence-electron chi connectivity index (χ3n) is 4.37. The number of amides is 1. The van der Waals surface area contributed by atoms with E-state index in [0.29, 0.717) is 12.4 Å². The molecule has 130 valence electrons. The van der Waals surface area contributed by atoms with E-state index in [1.807, 2.05) is 7.05 Å². The van der Waals surface area contributed by atoms with E-state index in [2.05, 4.69) is 27.1 Å². The number of nitrogens with two attached hydrogens (primary N) is 1. The molecule has 1 amide bonds. The molecule has 1 aliphatic heterocycles. The fourth-order valence-corrected chi connectivity index (χ4v) is 3.27. The first-order valence-electron chi connectivity index (χ1n) is 8.01. The molecule has 2 N–H and O–H groups in total. The molecule has 0 spiro atoms. The minimum atomic E-state index is -0.684. The van der Waals surface area contributed by atoms with Gasteiger partial charge in [0.2, 0.25) is 11.8 Å². The van der Waals surface area contributed by atoms with Crippen LogP contribution in [0, 0.1) is 0 Å². The van der Waals surface area contributed by atoms with E-state index in [1.54, 1.807) is 11.8 Å². The molecule has 1 fully saturated rings. The average Bonchev–Trinajstić information content (AvgIpc) is 3.26. The number of primary amides is 1. The van der Waals surface area contributed by atoms with Crippen molar-refractivity contribution in [1.82, 2.24) is 24.8 Å². The maximum atomic E-state index is 11.2. The summed E-state index contributed by atoms with van der Waals surface area (Å²) >= 11 is 0. The molecule has 9 heteroatoms. The number of carbonyl (C=O) groups excluding carboxylic acids is 1. The maximum Gasteiger partial charge on any atom is 0.290 e. The van der Waals surface area contributed by atoms with Crippen LogP contribution in [0.15, 0.2) is 4.52 Å². The number of aryl methyl sites for hydroxylation is 2. The highest BCUT2D eigenvalue weighted by molar-refractivity contribution is 5.88. The van der Waals surface area contributed by atoms with Gasteiger partial charge in [0.05, 0.1) is 24.4 Å². The third-order valence-corrected chi connectivity index (χ3v) is 4.37. The van der Waals surface area contributed by atoms with Crippen LogP contribution in [-0.4, -0.2) is 44.4 Å². The highest BCUT2D eigenvalue weighted by atomic mass is 16.5. The second kappa shape index (κ2) is 6.60. The highest BCUT2D eigenvalue weighted by Crippen LogP contribution is 2.34. The van der Waals surface area contributed by atoms with Crippen molar-refractivity contribution in [1.29, 1.82) is 0 Å². The summed E-state index contributed by atoms with van der Waals surface area (Å²) in [5.41, 5.74) is 7.29. The molecule has 0 radical (unpaired) electrons. The van der Waals surface area contributed by atoms with Gasteiger partial charge in [-0.2, -0.15) is 10.1 Å². The number of rotatable bonds is 6. The Kier molecular flexibility index (Phi) is 4.52. The van der Waals surface area contributed by atoms with Crippen molar-refractivity contribution in [3.8, 4) is 5.88 Å². The molecule has 0 aromatic carbocycles. The maximum absolute atomic E-state index is 11.2. The van der Waals surface area contributed by atoms with Crippen molar-refractivity contribution in [3.63, 3.8) is 0 Å². The molecule has 2 aromatic rings. The zero-order valence-corrected chi connectivity index (χ0v) is 14.2. The zero-order valence-electron chi connectivity index (χ0n) is 14.2. The molecule has 0 aliphatic carbocycles. The van der Waals surface area contributed by atoms with Gasteiger partial charge in [0, 0.05) is 13.6 Å². The number of nitrogens with zero attached hydrogens (tertiary/aromatic N) is 5. The number of likely N-dealkylation sites (tertiary alicyclic amines) is 1. The molecule has 0 saturated carbocycles. The quantitative estimate of drug-likeness (QED) is 0.831. The van der Waals surface area contributed by atoms with Crippen LogP contribution in [0.2, 0.25) is 0 Å². The number of methoxy groups -OCH3 is 1. The molecule has 24 heavy (non-hydrogen) atoms. The first-order chi connectivity index (χ1) is 11.5. The minimum absolute atomic E-state index is 0.0276. The van der Waals surface area contributed by atoms with Crippen LogP contribution in [-0.2, 0) is 20.0 Å². The summed E-state index contributed by atoms with van der Waals surface area (Å²) in [4.78, 5) is 17.5. The Morgan fingerprint density at radius 3 is 2.92 bits per heavy atom. The number of hydrogen-bond acceptors (Lipinski definition) is 7. The van der Waals surface area contributed by atoms with Gasteiger partial charge in [-0.15, -0.1) is 0 Å². The Labute approximate surface area is 139 Å². The van der Waals surface area contributed by atoms with Crippen molar-refractivity contribution >= 4 is 5.91 Å². The predicted octanol–water partition coefficient (Wildman–Crippen LogP) is 0.810. The first kappa shape index (κ1) is 16.4. The lowest BCUT2D eigenvalue weighted by Gasteiger charge is -2.21. The Morgan fingerprint density at radius 1 is 1.50 bits per heavy atom. The lowest BCUT2D eigenvalue weighted by atomic mass is 10.1. The van der Waals surface area contributed by atoms with Crippen LogP contribution in [0.25, 0.3) is 0 Å². The van der Waals surface area contributed by atoms with E-state index in [-0.39, 0.29) is 11.9 Å². The number of ether oxygens (including phenoxy) is 1. The summed E-state index contributed by atoms with van der Waals surface area (Å²) in [6.07, 6.45) is 2.74. The number of hydrogen-bond donors (Lipinski definition) is 1. The lowest BCUT2D eigenvalue weighted by Crippen LogP contribution is -2.24. The van der Waals surface area contributed by atoms with Crippen LogP contribution in [0.3, 0.4) is 0 Å².